The van der Waals surface area contributed by atoms with Crippen LogP contribution in [0.4, 0.5) is 11.5 Å². The summed E-state index contributed by atoms with van der Waals surface area (Å²) in [5.41, 5.74) is 7.64. The Morgan fingerprint density at radius 2 is 2.14 bits per heavy atom. The van der Waals surface area contributed by atoms with E-state index in [0.29, 0.717) is 29.8 Å². The average Bonchev–Trinajstić information content (AvgIpc) is 3.09. The molecule has 1 aliphatic rings. The topological polar surface area (TPSA) is 82.3 Å². The number of ether oxygens (including phenoxy) is 2. The molecule has 1 fully saturated rings. The minimum atomic E-state index is -0.0771. The van der Waals surface area contributed by atoms with Crippen molar-refractivity contribution in [2.75, 3.05) is 24.8 Å². The van der Waals surface area contributed by atoms with Crippen LogP contribution in [-0.2, 0) is 11.3 Å². The molecule has 2 aromatic rings. The van der Waals surface area contributed by atoms with Crippen molar-refractivity contribution in [3.05, 3.63) is 41.7 Å². The fourth-order valence-corrected chi connectivity index (χ4v) is 2.46. The van der Waals surface area contributed by atoms with E-state index in [0.717, 1.165) is 25.0 Å². The summed E-state index contributed by atoms with van der Waals surface area (Å²) in [5.74, 6) is 1.59. The van der Waals surface area contributed by atoms with E-state index in [1.807, 2.05) is 30.3 Å². The van der Waals surface area contributed by atoms with Gasteiger partial charge in [0.15, 0.2) is 11.6 Å². The van der Waals surface area contributed by atoms with E-state index in [1.54, 1.807) is 7.11 Å². The first kappa shape index (κ1) is 14.6. The Kier molecular flexibility index (Phi) is 4.39. The Labute approximate surface area is 129 Å². The fraction of sp³-hybridized carbons (Fsp3) is 0.375. The molecular weight excluding hydrogens is 280 g/mol. The highest BCUT2D eigenvalue weighted by molar-refractivity contribution is 5.67. The van der Waals surface area contributed by atoms with Crippen molar-refractivity contribution in [3.63, 3.8) is 0 Å². The Hall–Kier alpha value is -2.34. The maximum atomic E-state index is 6.07. The molecule has 22 heavy (non-hydrogen) atoms. The zero-order valence-corrected chi connectivity index (χ0v) is 12.6. The number of nitrogens with zero attached hydrogens (tertiary/aromatic N) is 2. The first-order valence-electron chi connectivity index (χ1n) is 7.38. The highest BCUT2D eigenvalue weighted by Crippen LogP contribution is 2.32. The van der Waals surface area contributed by atoms with Gasteiger partial charge in [0.25, 0.3) is 0 Å². The fourth-order valence-electron chi connectivity index (χ4n) is 2.46. The molecule has 0 amide bonds. The molecule has 2 heterocycles. The van der Waals surface area contributed by atoms with Crippen molar-refractivity contribution in [1.29, 1.82) is 0 Å². The summed E-state index contributed by atoms with van der Waals surface area (Å²) in [6.07, 6.45) is 1.87. The first-order valence-corrected chi connectivity index (χ1v) is 7.38. The van der Waals surface area contributed by atoms with Crippen LogP contribution in [0.3, 0.4) is 0 Å². The monoisotopic (exact) mass is 300 g/mol. The predicted octanol–water partition coefficient (Wildman–Crippen LogP) is 2.53. The van der Waals surface area contributed by atoms with E-state index in [9.17, 15) is 0 Å². The third-order valence-corrected chi connectivity index (χ3v) is 3.64. The second-order valence-electron chi connectivity index (χ2n) is 5.19. The van der Waals surface area contributed by atoms with Crippen LogP contribution >= 0.6 is 0 Å². The minimum Gasteiger partial charge on any atom is -0.479 e. The smallest absolute Gasteiger partial charge is 0.242 e. The number of rotatable bonds is 5. The van der Waals surface area contributed by atoms with Crippen LogP contribution in [0.5, 0.6) is 5.88 Å². The predicted molar refractivity (Wildman–Crippen MR) is 84.7 cm³/mol. The molecule has 0 aliphatic carbocycles. The summed E-state index contributed by atoms with van der Waals surface area (Å²) in [6, 6.07) is 10.1. The second-order valence-corrected chi connectivity index (χ2v) is 5.19. The number of nitrogens with two attached hydrogens (primary N) is 1. The van der Waals surface area contributed by atoms with Crippen LogP contribution < -0.4 is 15.8 Å². The maximum absolute atomic E-state index is 6.07. The molecule has 1 aromatic heterocycles. The molecule has 116 valence electrons. The third-order valence-electron chi connectivity index (χ3n) is 3.64. The number of methoxy groups -OCH3 is 1. The lowest BCUT2D eigenvalue weighted by Crippen LogP contribution is -2.12. The Balaban J connectivity index is 1.83. The summed E-state index contributed by atoms with van der Waals surface area (Å²) in [6.45, 7) is 1.38. The van der Waals surface area contributed by atoms with Crippen molar-refractivity contribution in [2.24, 2.45) is 0 Å². The van der Waals surface area contributed by atoms with Gasteiger partial charge >= 0.3 is 0 Å². The molecule has 1 atom stereocenters. The van der Waals surface area contributed by atoms with Gasteiger partial charge in [0, 0.05) is 13.2 Å². The summed E-state index contributed by atoms with van der Waals surface area (Å²) >= 11 is 0. The van der Waals surface area contributed by atoms with Gasteiger partial charge < -0.3 is 20.5 Å². The molecule has 0 saturated carbocycles. The maximum Gasteiger partial charge on any atom is 0.242 e. The zero-order valence-electron chi connectivity index (χ0n) is 12.6. The van der Waals surface area contributed by atoms with Gasteiger partial charge in [0.05, 0.1) is 7.11 Å². The molecule has 1 aromatic carbocycles. The summed E-state index contributed by atoms with van der Waals surface area (Å²) < 4.78 is 10.9. The molecule has 3 N–H and O–H groups in total. The van der Waals surface area contributed by atoms with Crippen LogP contribution in [0, 0.1) is 0 Å². The van der Waals surface area contributed by atoms with Crippen LogP contribution in [0.15, 0.2) is 30.3 Å². The van der Waals surface area contributed by atoms with Gasteiger partial charge in [-0.15, -0.1) is 0 Å². The zero-order chi connectivity index (χ0) is 15.4. The number of anilines is 2. The second kappa shape index (κ2) is 6.62. The molecule has 1 aliphatic heterocycles. The van der Waals surface area contributed by atoms with Crippen LogP contribution in [-0.4, -0.2) is 23.7 Å². The molecule has 1 unspecified atom stereocenters. The lowest BCUT2D eigenvalue weighted by molar-refractivity contribution is 0.104. The summed E-state index contributed by atoms with van der Waals surface area (Å²) in [7, 11) is 1.55. The number of nitrogen functional groups attached to an aromatic ring is 1. The van der Waals surface area contributed by atoms with E-state index in [2.05, 4.69) is 15.3 Å². The Morgan fingerprint density at radius 1 is 1.32 bits per heavy atom. The quantitative estimate of drug-likeness (QED) is 0.883. The number of nitrogens with one attached hydrogen (secondary N) is 1. The van der Waals surface area contributed by atoms with Gasteiger partial charge in [-0.25, -0.2) is 4.98 Å². The van der Waals surface area contributed by atoms with Crippen LogP contribution in [0.25, 0.3) is 0 Å². The SMILES string of the molecule is COc1nc(C2CCCO2)nc(NCc2ccccc2)c1N. The summed E-state index contributed by atoms with van der Waals surface area (Å²) in [4.78, 5) is 8.89. The van der Waals surface area contributed by atoms with Gasteiger partial charge in [-0.3, -0.25) is 0 Å². The van der Waals surface area contributed by atoms with Crippen LogP contribution in [0.1, 0.15) is 30.3 Å². The molecule has 0 spiro atoms. The normalized spacial score (nSPS) is 17.4. The standard InChI is InChI=1S/C16H20N4O2/c1-21-16-13(17)15(18-10-11-6-3-2-4-7-11)19-14(20-16)12-8-5-9-22-12/h2-4,6-7,12H,5,8-10,17H2,1H3,(H,18,19,20). The Morgan fingerprint density at radius 3 is 2.82 bits per heavy atom. The minimum absolute atomic E-state index is 0.0771. The number of hydrogen-bond acceptors (Lipinski definition) is 6. The van der Waals surface area contributed by atoms with Gasteiger partial charge in [0.1, 0.15) is 11.8 Å². The highest BCUT2D eigenvalue weighted by atomic mass is 16.5. The van der Waals surface area contributed by atoms with Gasteiger partial charge in [-0.05, 0) is 18.4 Å². The van der Waals surface area contributed by atoms with E-state index >= 15 is 0 Å². The largest absolute Gasteiger partial charge is 0.479 e. The molecule has 0 radical (unpaired) electrons. The number of hydrogen-bond donors (Lipinski definition) is 2. The lowest BCUT2D eigenvalue weighted by Gasteiger charge is -2.15. The van der Waals surface area contributed by atoms with Crippen molar-refractivity contribution in [1.82, 2.24) is 9.97 Å². The third kappa shape index (κ3) is 3.12. The first-order chi connectivity index (χ1) is 10.8. The Bertz CT molecular complexity index is 628. The van der Waals surface area contributed by atoms with Crippen LogP contribution in [0.2, 0.25) is 0 Å². The van der Waals surface area contributed by atoms with E-state index in [1.165, 1.54) is 0 Å². The highest BCUT2D eigenvalue weighted by Gasteiger charge is 2.23. The van der Waals surface area contributed by atoms with E-state index in [4.69, 9.17) is 15.2 Å². The average molecular weight is 300 g/mol. The number of benzene rings is 1. The molecule has 6 nitrogen and oxygen atoms in total. The molecule has 3 rings (SSSR count). The molecule has 1 saturated heterocycles. The number of aromatic nitrogens is 2. The van der Waals surface area contributed by atoms with Crippen molar-refractivity contribution >= 4 is 11.5 Å². The molecule has 6 heteroatoms. The van der Waals surface area contributed by atoms with E-state index in [-0.39, 0.29) is 6.10 Å². The van der Waals surface area contributed by atoms with Gasteiger partial charge in [0.2, 0.25) is 5.88 Å². The van der Waals surface area contributed by atoms with Crippen molar-refractivity contribution < 1.29 is 9.47 Å². The van der Waals surface area contributed by atoms with Crippen molar-refractivity contribution in [3.8, 4) is 5.88 Å². The molecule has 0 bridgehead atoms. The molecular formula is C16H20N4O2. The summed E-state index contributed by atoms with van der Waals surface area (Å²) in [5, 5.41) is 3.26. The lowest BCUT2D eigenvalue weighted by atomic mass is 10.2. The van der Waals surface area contributed by atoms with Crippen molar-refractivity contribution in [2.45, 2.75) is 25.5 Å². The van der Waals surface area contributed by atoms with Gasteiger partial charge in [-0.1, -0.05) is 30.3 Å². The van der Waals surface area contributed by atoms with E-state index < -0.39 is 0 Å². The van der Waals surface area contributed by atoms with Gasteiger partial charge in [-0.2, -0.15) is 4.98 Å².